The lowest BCUT2D eigenvalue weighted by Gasteiger charge is -2.25. The zero-order valence-electron chi connectivity index (χ0n) is 13.8. The van der Waals surface area contributed by atoms with Crippen molar-refractivity contribution < 1.29 is 9.48 Å². The monoisotopic (exact) mass is 329 g/mol. The van der Waals surface area contributed by atoms with Crippen LogP contribution in [0.4, 0.5) is 0 Å². The largest absolute Gasteiger partial charge is 0.339 e. The lowest BCUT2D eigenvalue weighted by molar-refractivity contribution is -1.05. The van der Waals surface area contributed by atoms with Crippen LogP contribution in [0.5, 0.6) is 5.75 Å². The second-order valence-corrected chi connectivity index (χ2v) is 6.69. The van der Waals surface area contributed by atoms with Crippen LogP contribution in [-0.2, 0) is 6.54 Å². The normalized spacial score (nSPS) is 11.8. The quantitative estimate of drug-likeness (QED) is 0.487. The molecule has 0 saturated heterocycles. The Bertz CT molecular complexity index is 809. The topological polar surface area (TPSA) is 14.2 Å². The number of rotatable bonds is 5. The standard InChI is InChI=1S/C19H22ClN2O/c1-4-22(2,3)23-19-14-21(13-15-8-6-5-7-9-15)18-12-16(20)10-11-17(18)19/h5-12,14H,4,13H2,1-3H3/q+1. The van der Waals surface area contributed by atoms with Crippen molar-refractivity contribution in [1.29, 1.82) is 0 Å². The van der Waals surface area contributed by atoms with Gasteiger partial charge < -0.3 is 9.40 Å². The third-order valence-electron chi connectivity index (χ3n) is 4.11. The van der Waals surface area contributed by atoms with Gasteiger partial charge in [-0.2, -0.15) is 0 Å². The maximum atomic E-state index is 6.21. The molecule has 0 radical (unpaired) electrons. The van der Waals surface area contributed by atoms with Gasteiger partial charge in [0.15, 0.2) is 0 Å². The highest BCUT2D eigenvalue weighted by Crippen LogP contribution is 2.32. The Kier molecular flexibility index (Phi) is 4.33. The van der Waals surface area contributed by atoms with Gasteiger partial charge in [-0.05, 0) is 30.7 Å². The lowest BCUT2D eigenvalue weighted by Crippen LogP contribution is -2.42. The Hall–Kier alpha value is -1.97. The lowest BCUT2D eigenvalue weighted by atomic mass is 10.2. The van der Waals surface area contributed by atoms with E-state index in [1.807, 2.05) is 24.3 Å². The summed E-state index contributed by atoms with van der Waals surface area (Å²) in [7, 11) is 4.10. The molecule has 120 valence electrons. The summed E-state index contributed by atoms with van der Waals surface area (Å²) in [5, 5.41) is 1.82. The molecule has 0 saturated carbocycles. The molecule has 0 amide bonds. The molecule has 0 aliphatic rings. The number of quaternary nitrogens is 1. The van der Waals surface area contributed by atoms with E-state index in [-0.39, 0.29) is 0 Å². The molecule has 0 aliphatic carbocycles. The molecule has 4 heteroatoms. The van der Waals surface area contributed by atoms with Gasteiger partial charge in [0.05, 0.1) is 11.7 Å². The van der Waals surface area contributed by atoms with Gasteiger partial charge in [0.1, 0.15) is 20.6 Å². The van der Waals surface area contributed by atoms with Gasteiger partial charge in [-0.25, -0.2) is 0 Å². The fraction of sp³-hybridized carbons (Fsp3) is 0.263. The van der Waals surface area contributed by atoms with Crippen molar-refractivity contribution in [2.75, 3.05) is 20.6 Å². The molecule has 0 N–H and O–H groups in total. The van der Waals surface area contributed by atoms with E-state index >= 15 is 0 Å². The van der Waals surface area contributed by atoms with Crippen molar-refractivity contribution in [2.24, 2.45) is 0 Å². The fourth-order valence-electron chi connectivity index (χ4n) is 2.55. The summed E-state index contributed by atoms with van der Waals surface area (Å²) in [5.74, 6) is 0.888. The van der Waals surface area contributed by atoms with E-state index in [1.165, 1.54) is 5.56 Å². The summed E-state index contributed by atoms with van der Waals surface area (Å²) in [6, 6.07) is 16.3. The first-order chi connectivity index (χ1) is 11.0. The number of hydrogen-bond acceptors (Lipinski definition) is 1. The van der Waals surface area contributed by atoms with Crippen molar-refractivity contribution in [2.45, 2.75) is 13.5 Å². The van der Waals surface area contributed by atoms with Gasteiger partial charge >= 0.3 is 0 Å². The maximum absolute atomic E-state index is 6.21. The highest BCUT2D eigenvalue weighted by molar-refractivity contribution is 6.31. The number of fused-ring (bicyclic) bond motifs is 1. The number of halogens is 1. The van der Waals surface area contributed by atoms with Crippen LogP contribution in [0.1, 0.15) is 12.5 Å². The first-order valence-corrected chi connectivity index (χ1v) is 8.21. The molecule has 0 fully saturated rings. The number of hydrogen-bond donors (Lipinski definition) is 0. The third-order valence-corrected chi connectivity index (χ3v) is 4.35. The van der Waals surface area contributed by atoms with Crippen LogP contribution in [0.3, 0.4) is 0 Å². The van der Waals surface area contributed by atoms with Gasteiger partial charge in [-0.1, -0.05) is 41.9 Å². The number of aromatic nitrogens is 1. The fourth-order valence-corrected chi connectivity index (χ4v) is 2.71. The van der Waals surface area contributed by atoms with E-state index in [2.05, 4.69) is 56.0 Å². The SMILES string of the molecule is CC[N+](C)(C)Oc1cn(Cc2ccccc2)c2cc(Cl)ccc12. The minimum Gasteiger partial charge on any atom is -0.339 e. The molecule has 2 aromatic carbocycles. The van der Waals surface area contributed by atoms with Gasteiger partial charge in [0.25, 0.3) is 0 Å². The summed E-state index contributed by atoms with van der Waals surface area (Å²) < 4.78 is 2.68. The Morgan fingerprint density at radius 3 is 2.52 bits per heavy atom. The molecule has 3 nitrogen and oxygen atoms in total. The predicted molar refractivity (Wildman–Crippen MR) is 95.8 cm³/mol. The van der Waals surface area contributed by atoms with E-state index in [0.717, 1.165) is 34.8 Å². The number of hydroxylamine groups is 3. The summed E-state index contributed by atoms with van der Waals surface area (Å²) in [6.45, 7) is 3.79. The van der Waals surface area contributed by atoms with Crippen LogP contribution < -0.4 is 4.84 Å². The molecule has 0 spiro atoms. The van der Waals surface area contributed by atoms with Crippen molar-refractivity contribution in [1.82, 2.24) is 4.57 Å². The zero-order chi connectivity index (χ0) is 16.4. The van der Waals surface area contributed by atoms with Gasteiger partial charge in [0, 0.05) is 17.0 Å². The summed E-state index contributed by atoms with van der Waals surface area (Å²) in [4.78, 5) is 6.20. The third kappa shape index (κ3) is 3.52. The van der Waals surface area contributed by atoms with Crippen LogP contribution in [0.15, 0.2) is 54.7 Å². The van der Waals surface area contributed by atoms with Crippen molar-refractivity contribution in [3.63, 3.8) is 0 Å². The molecule has 1 aromatic heterocycles. The maximum Gasteiger partial charge on any atom is 0.215 e. The molecule has 23 heavy (non-hydrogen) atoms. The second kappa shape index (κ2) is 6.26. The van der Waals surface area contributed by atoms with Crippen LogP contribution in [-0.4, -0.2) is 29.9 Å². The second-order valence-electron chi connectivity index (χ2n) is 6.25. The van der Waals surface area contributed by atoms with Crippen LogP contribution >= 0.6 is 11.6 Å². The highest BCUT2D eigenvalue weighted by atomic mass is 35.5. The summed E-state index contributed by atoms with van der Waals surface area (Å²) in [6.07, 6.45) is 2.07. The molecule has 0 bridgehead atoms. The molecular weight excluding hydrogens is 308 g/mol. The van der Waals surface area contributed by atoms with E-state index < -0.39 is 0 Å². The van der Waals surface area contributed by atoms with Gasteiger partial charge in [-0.3, -0.25) is 0 Å². The average Bonchev–Trinajstić information content (AvgIpc) is 2.85. The Labute approximate surface area is 142 Å². The summed E-state index contributed by atoms with van der Waals surface area (Å²) >= 11 is 6.21. The van der Waals surface area contributed by atoms with Gasteiger partial charge in [-0.15, -0.1) is 4.65 Å². The Morgan fingerprint density at radius 1 is 1.09 bits per heavy atom. The van der Waals surface area contributed by atoms with E-state index in [1.54, 1.807) is 0 Å². The van der Waals surface area contributed by atoms with E-state index in [9.17, 15) is 0 Å². The number of benzene rings is 2. The molecule has 3 aromatic rings. The van der Waals surface area contributed by atoms with Crippen LogP contribution in [0, 0.1) is 0 Å². The molecule has 1 heterocycles. The molecule has 0 aliphatic heterocycles. The Balaban J connectivity index is 2.05. The Morgan fingerprint density at radius 2 is 1.83 bits per heavy atom. The van der Waals surface area contributed by atoms with Crippen LogP contribution in [0.2, 0.25) is 5.02 Å². The zero-order valence-corrected chi connectivity index (χ0v) is 14.5. The number of nitrogens with zero attached hydrogens (tertiary/aromatic N) is 2. The van der Waals surface area contributed by atoms with Crippen LogP contribution in [0.25, 0.3) is 10.9 Å². The van der Waals surface area contributed by atoms with E-state index in [0.29, 0.717) is 4.65 Å². The van der Waals surface area contributed by atoms with Gasteiger partial charge in [0.2, 0.25) is 5.75 Å². The molecular formula is C19H22ClN2O+. The predicted octanol–water partition coefficient (Wildman–Crippen LogP) is 4.73. The minimum atomic E-state index is 0.479. The molecule has 0 atom stereocenters. The van der Waals surface area contributed by atoms with Crippen molar-refractivity contribution in [3.05, 3.63) is 65.3 Å². The smallest absolute Gasteiger partial charge is 0.215 e. The van der Waals surface area contributed by atoms with Crippen molar-refractivity contribution in [3.8, 4) is 5.75 Å². The summed E-state index contributed by atoms with van der Waals surface area (Å²) in [5.41, 5.74) is 2.34. The van der Waals surface area contributed by atoms with E-state index in [4.69, 9.17) is 16.4 Å². The van der Waals surface area contributed by atoms with Crippen molar-refractivity contribution >= 4 is 22.5 Å². The average molecular weight is 330 g/mol. The first-order valence-electron chi connectivity index (χ1n) is 7.83. The molecule has 3 rings (SSSR count). The minimum absolute atomic E-state index is 0.479. The highest BCUT2D eigenvalue weighted by Gasteiger charge is 2.20. The molecule has 0 unspecified atom stereocenters. The first kappa shape index (κ1) is 15.9.